The molecule has 28 heavy (non-hydrogen) atoms. The quantitative estimate of drug-likeness (QED) is 0.542. The highest BCUT2D eigenvalue weighted by Gasteiger charge is 2.24. The van der Waals surface area contributed by atoms with E-state index in [1.165, 1.54) is 6.21 Å². The normalized spacial score (nSPS) is 11.9. The number of carbonyl (C=O) groups excluding carboxylic acids is 2. The third-order valence-electron chi connectivity index (χ3n) is 4.11. The molecule has 0 spiro atoms. The molecule has 2 aromatic rings. The van der Waals surface area contributed by atoms with Crippen LogP contribution in [0.5, 0.6) is 11.5 Å². The lowest BCUT2D eigenvalue weighted by Gasteiger charge is -2.20. The SMILES string of the molecule is COc1cccc(OC)c1/C=N/NC(=O)[C@@H](NC(=O)c1ccccc1)C(C)C. The van der Waals surface area contributed by atoms with E-state index in [1.807, 2.05) is 19.9 Å². The van der Waals surface area contributed by atoms with E-state index in [0.717, 1.165) is 0 Å². The first-order chi connectivity index (χ1) is 13.5. The van der Waals surface area contributed by atoms with Gasteiger partial charge in [0.15, 0.2) is 0 Å². The molecule has 0 fully saturated rings. The van der Waals surface area contributed by atoms with Crippen molar-refractivity contribution >= 4 is 18.0 Å². The Bertz CT molecular complexity index is 813. The van der Waals surface area contributed by atoms with Crippen LogP contribution in [0.2, 0.25) is 0 Å². The third-order valence-corrected chi connectivity index (χ3v) is 4.11. The van der Waals surface area contributed by atoms with Gasteiger partial charge >= 0.3 is 0 Å². The minimum Gasteiger partial charge on any atom is -0.496 e. The molecule has 0 aliphatic heterocycles. The highest BCUT2D eigenvalue weighted by Crippen LogP contribution is 2.26. The molecule has 0 bridgehead atoms. The van der Waals surface area contributed by atoms with Crippen molar-refractivity contribution in [2.45, 2.75) is 19.9 Å². The van der Waals surface area contributed by atoms with Gasteiger partial charge in [-0.2, -0.15) is 5.10 Å². The molecular weight excluding hydrogens is 358 g/mol. The second-order valence-corrected chi connectivity index (χ2v) is 6.37. The average molecular weight is 383 g/mol. The molecule has 0 saturated heterocycles. The van der Waals surface area contributed by atoms with Gasteiger partial charge in [-0.05, 0) is 30.2 Å². The summed E-state index contributed by atoms with van der Waals surface area (Å²) in [6, 6.07) is 13.3. The Hall–Kier alpha value is -3.35. The fourth-order valence-electron chi connectivity index (χ4n) is 2.59. The van der Waals surface area contributed by atoms with Crippen LogP contribution in [0.25, 0.3) is 0 Å². The Morgan fingerprint density at radius 2 is 1.57 bits per heavy atom. The first kappa shape index (κ1) is 21.0. The van der Waals surface area contributed by atoms with Crippen LogP contribution in [0.3, 0.4) is 0 Å². The average Bonchev–Trinajstić information content (AvgIpc) is 2.72. The summed E-state index contributed by atoms with van der Waals surface area (Å²) >= 11 is 0. The fraction of sp³-hybridized carbons (Fsp3) is 0.286. The summed E-state index contributed by atoms with van der Waals surface area (Å²) in [7, 11) is 3.08. The Morgan fingerprint density at radius 3 is 2.11 bits per heavy atom. The van der Waals surface area contributed by atoms with Crippen molar-refractivity contribution in [1.29, 1.82) is 0 Å². The summed E-state index contributed by atoms with van der Waals surface area (Å²) in [4.78, 5) is 24.9. The van der Waals surface area contributed by atoms with Gasteiger partial charge in [0.05, 0.1) is 26.0 Å². The molecule has 0 aliphatic carbocycles. The number of ether oxygens (including phenoxy) is 2. The van der Waals surface area contributed by atoms with E-state index in [2.05, 4.69) is 15.8 Å². The number of nitrogens with zero attached hydrogens (tertiary/aromatic N) is 1. The molecule has 2 aromatic carbocycles. The van der Waals surface area contributed by atoms with E-state index in [1.54, 1.807) is 56.7 Å². The first-order valence-corrected chi connectivity index (χ1v) is 8.87. The Labute approximate surface area is 164 Å². The molecule has 0 saturated carbocycles. The smallest absolute Gasteiger partial charge is 0.262 e. The zero-order valence-corrected chi connectivity index (χ0v) is 16.4. The molecule has 0 heterocycles. The van der Waals surface area contributed by atoms with E-state index in [0.29, 0.717) is 22.6 Å². The molecule has 0 aromatic heterocycles. The maximum absolute atomic E-state index is 12.5. The molecule has 1 atom stereocenters. The Morgan fingerprint density at radius 1 is 0.964 bits per heavy atom. The van der Waals surface area contributed by atoms with E-state index in [4.69, 9.17) is 9.47 Å². The molecule has 7 heteroatoms. The van der Waals surface area contributed by atoms with E-state index >= 15 is 0 Å². The van der Waals surface area contributed by atoms with Gasteiger partial charge in [0.1, 0.15) is 17.5 Å². The van der Waals surface area contributed by atoms with E-state index in [-0.39, 0.29) is 11.8 Å². The van der Waals surface area contributed by atoms with Gasteiger partial charge in [0, 0.05) is 5.56 Å². The van der Waals surface area contributed by atoms with E-state index < -0.39 is 11.9 Å². The third kappa shape index (κ3) is 5.33. The summed E-state index contributed by atoms with van der Waals surface area (Å²) in [5.74, 6) is 0.281. The van der Waals surface area contributed by atoms with Crippen molar-refractivity contribution in [3.8, 4) is 11.5 Å². The highest BCUT2D eigenvalue weighted by atomic mass is 16.5. The molecular formula is C21H25N3O4. The van der Waals surface area contributed by atoms with E-state index in [9.17, 15) is 9.59 Å². The number of hydrogen-bond donors (Lipinski definition) is 2. The van der Waals surface area contributed by atoms with Crippen molar-refractivity contribution in [2.24, 2.45) is 11.0 Å². The van der Waals surface area contributed by atoms with Crippen molar-refractivity contribution in [3.63, 3.8) is 0 Å². The fourth-order valence-corrected chi connectivity index (χ4v) is 2.59. The predicted octanol–water partition coefficient (Wildman–Crippen LogP) is 2.61. The summed E-state index contributed by atoms with van der Waals surface area (Å²) in [6.07, 6.45) is 1.45. The van der Waals surface area contributed by atoms with Gasteiger partial charge in [-0.25, -0.2) is 5.43 Å². The lowest BCUT2D eigenvalue weighted by molar-refractivity contribution is -0.123. The van der Waals surface area contributed by atoms with Crippen LogP contribution < -0.4 is 20.2 Å². The Kier molecular flexibility index (Phi) is 7.56. The summed E-state index contributed by atoms with van der Waals surface area (Å²) in [5, 5.41) is 6.76. The molecule has 0 unspecified atom stereocenters. The number of carbonyl (C=O) groups is 2. The van der Waals surface area contributed by atoms with Crippen molar-refractivity contribution in [2.75, 3.05) is 14.2 Å². The largest absolute Gasteiger partial charge is 0.496 e. The summed E-state index contributed by atoms with van der Waals surface area (Å²) < 4.78 is 10.6. The van der Waals surface area contributed by atoms with Crippen LogP contribution in [0, 0.1) is 5.92 Å². The van der Waals surface area contributed by atoms with Gasteiger partial charge < -0.3 is 14.8 Å². The molecule has 7 nitrogen and oxygen atoms in total. The minimum atomic E-state index is -0.732. The second-order valence-electron chi connectivity index (χ2n) is 6.37. The molecule has 2 amide bonds. The maximum Gasteiger partial charge on any atom is 0.262 e. The molecule has 2 rings (SSSR count). The summed E-state index contributed by atoms with van der Waals surface area (Å²) in [5.41, 5.74) is 3.57. The molecule has 0 aliphatic rings. The van der Waals surface area contributed by atoms with Crippen LogP contribution in [0.1, 0.15) is 29.8 Å². The van der Waals surface area contributed by atoms with Gasteiger partial charge in [0.25, 0.3) is 11.8 Å². The van der Waals surface area contributed by atoms with Crippen LogP contribution in [0.15, 0.2) is 53.6 Å². The number of hydrogen-bond acceptors (Lipinski definition) is 5. The van der Waals surface area contributed by atoms with Crippen LogP contribution in [-0.2, 0) is 4.79 Å². The minimum absolute atomic E-state index is 0.122. The van der Waals surface area contributed by atoms with Crippen LogP contribution >= 0.6 is 0 Å². The zero-order valence-electron chi connectivity index (χ0n) is 16.4. The lowest BCUT2D eigenvalue weighted by atomic mass is 10.0. The predicted molar refractivity (Wildman–Crippen MR) is 108 cm³/mol. The van der Waals surface area contributed by atoms with Crippen molar-refractivity contribution in [1.82, 2.24) is 10.7 Å². The van der Waals surface area contributed by atoms with Gasteiger partial charge in [-0.3, -0.25) is 9.59 Å². The standard InChI is InChI=1S/C21H25N3O4/c1-14(2)19(23-20(25)15-9-6-5-7-10-15)21(26)24-22-13-16-17(27-3)11-8-12-18(16)28-4/h5-14,19H,1-4H3,(H,23,25)(H,24,26)/b22-13+/t19-/m0/s1. The zero-order chi connectivity index (χ0) is 20.5. The molecule has 0 radical (unpaired) electrons. The Balaban J connectivity index is 2.09. The number of benzene rings is 2. The monoisotopic (exact) mass is 383 g/mol. The molecule has 148 valence electrons. The second kappa shape index (κ2) is 10.1. The first-order valence-electron chi connectivity index (χ1n) is 8.87. The summed E-state index contributed by atoms with van der Waals surface area (Å²) in [6.45, 7) is 3.70. The number of amides is 2. The molecule has 2 N–H and O–H groups in total. The number of methoxy groups -OCH3 is 2. The lowest BCUT2D eigenvalue weighted by Crippen LogP contribution is -2.48. The van der Waals surface area contributed by atoms with Gasteiger partial charge in [0.2, 0.25) is 0 Å². The number of hydrazone groups is 1. The van der Waals surface area contributed by atoms with Crippen LogP contribution in [-0.4, -0.2) is 38.3 Å². The highest BCUT2D eigenvalue weighted by molar-refractivity contribution is 5.97. The maximum atomic E-state index is 12.5. The number of rotatable bonds is 8. The number of nitrogens with one attached hydrogen (secondary N) is 2. The topological polar surface area (TPSA) is 89.0 Å². The van der Waals surface area contributed by atoms with Crippen molar-refractivity contribution < 1.29 is 19.1 Å². The van der Waals surface area contributed by atoms with Crippen molar-refractivity contribution in [3.05, 3.63) is 59.7 Å². The van der Waals surface area contributed by atoms with Gasteiger partial charge in [-0.1, -0.05) is 38.1 Å². The van der Waals surface area contributed by atoms with Gasteiger partial charge in [-0.15, -0.1) is 0 Å². The van der Waals surface area contributed by atoms with Crippen LogP contribution in [0.4, 0.5) is 0 Å².